The average Bonchev–Trinajstić information content (AvgIpc) is 2.85. The fourth-order valence-electron chi connectivity index (χ4n) is 3.60. The Balaban J connectivity index is 0. The van der Waals surface area contributed by atoms with Gasteiger partial charge in [-0.05, 0) is 46.0 Å². The van der Waals surface area contributed by atoms with E-state index >= 15 is 0 Å². The number of ether oxygens (including phenoxy) is 3. The molecule has 0 spiro atoms. The summed E-state index contributed by atoms with van der Waals surface area (Å²) in [6, 6.07) is 0. The maximum atomic E-state index is 11.3. The molecular weight excluding hydrogens is 468 g/mol. The van der Waals surface area contributed by atoms with Gasteiger partial charge < -0.3 is 14.2 Å². The van der Waals surface area contributed by atoms with Gasteiger partial charge in [-0.2, -0.15) is 0 Å². The van der Waals surface area contributed by atoms with E-state index in [-0.39, 0.29) is 24.0 Å². The standard InChI is InChI=1S/C17H34O2.C14H26O4/c1-4-5-6-7-8-9-10-11-12-13-14-15-17(18)19-16(2)3;1-3-5-11-17-13(15)9-7-8-10-14(16)18-12-6-4-2/h16H,4-15H2,1-3H3;3-12H2,1-2H3. The van der Waals surface area contributed by atoms with Gasteiger partial charge >= 0.3 is 17.9 Å². The van der Waals surface area contributed by atoms with Crippen LogP contribution < -0.4 is 0 Å². The first-order valence-electron chi connectivity index (χ1n) is 15.4. The van der Waals surface area contributed by atoms with Crippen LogP contribution in [0.25, 0.3) is 0 Å². The van der Waals surface area contributed by atoms with Gasteiger partial charge in [0.15, 0.2) is 0 Å². The Bertz CT molecular complexity index is 494. The maximum absolute atomic E-state index is 11.3. The molecule has 6 heteroatoms. The van der Waals surface area contributed by atoms with Gasteiger partial charge in [0.05, 0.1) is 19.3 Å². The molecule has 0 unspecified atom stereocenters. The van der Waals surface area contributed by atoms with E-state index in [2.05, 4.69) is 20.8 Å². The third-order valence-electron chi connectivity index (χ3n) is 5.89. The van der Waals surface area contributed by atoms with Crippen molar-refractivity contribution in [2.24, 2.45) is 0 Å². The summed E-state index contributed by atoms with van der Waals surface area (Å²) in [5.41, 5.74) is 0. The highest BCUT2D eigenvalue weighted by Gasteiger charge is 2.06. The number of carbonyl (C=O) groups is 3. The minimum absolute atomic E-state index is 0.0280. The van der Waals surface area contributed by atoms with Crippen LogP contribution in [0.3, 0.4) is 0 Å². The molecule has 0 radical (unpaired) electrons. The molecule has 0 aliphatic rings. The molecule has 0 fully saturated rings. The van der Waals surface area contributed by atoms with E-state index in [1.807, 2.05) is 13.8 Å². The zero-order chi connectivity index (χ0) is 28.0. The molecule has 0 amide bonds. The number of esters is 3. The Morgan fingerprint density at radius 3 is 1.16 bits per heavy atom. The average molecular weight is 529 g/mol. The van der Waals surface area contributed by atoms with E-state index in [0.29, 0.717) is 45.3 Å². The summed E-state index contributed by atoms with van der Waals surface area (Å²) in [7, 11) is 0. The van der Waals surface area contributed by atoms with Crippen molar-refractivity contribution in [3.8, 4) is 0 Å². The van der Waals surface area contributed by atoms with Crippen molar-refractivity contribution < 1.29 is 28.6 Å². The molecule has 0 atom stereocenters. The largest absolute Gasteiger partial charge is 0.466 e. The Morgan fingerprint density at radius 1 is 0.459 bits per heavy atom. The van der Waals surface area contributed by atoms with E-state index in [0.717, 1.165) is 32.1 Å². The minimum atomic E-state index is -0.164. The van der Waals surface area contributed by atoms with Crippen LogP contribution in [0, 0.1) is 0 Å². The first kappa shape index (κ1) is 37.6. The molecule has 0 N–H and O–H groups in total. The van der Waals surface area contributed by atoms with Crippen molar-refractivity contribution in [3.05, 3.63) is 0 Å². The van der Waals surface area contributed by atoms with Crippen LogP contribution in [-0.4, -0.2) is 37.2 Å². The quantitative estimate of drug-likeness (QED) is 0.0707. The van der Waals surface area contributed by atoms with Gasteiger partial charge in [0.2, 0.25) is 0 Å². The lowest BCUT2D eigenvalue weighted by atomic mass is 10.1. The zero-order valence-electron chi connectivity index (χ0n) is 25.1. The highest BCUT2D eigenvalue weighted by atomic mass is 16.5. The molecule has 220 valence electrons. The van der Waals surface area contributed by atoms with Crippen LogP contribution in [0.4, 0.5) is 0 Å². The Labute approximate surface area is 229 Å². The summed E-state index contributed by atoms with van der Waals surface area (Å²) in [6.07, 6.45) is 21.1. The fourth-order valence-corrected chi connectivity index (χ4v) is 3.60. The van der Waals surface area contributed by atoms with Crippen molar-refractivity contribution in [3.63, 3.8) is 0 Å². The van der Waals surface area contributed by atoms with Gasteiger partial charge in [-0.25, -0.2) is 0 Å². The predicted molar refractivity (Wildman–Crippen MR) is 153 cm³/mol. The van der Waals surface area contributed by atoms with Gasteiger partial charge in [0, 0.05) is 19.3 Å². The second-order valence-electron chi connectivity index (χ2n) is 10.2. The van der Waals surface area contributed by atoms with Crippen molar-refractivity contribution in [2.75, 3.05) is 13.2 Å². The smallest absolute Gasteiger partial charge is 0.306 e. The van der Waals surface area contributed by atoms with Crippen LogP contribution in [0.2, 0.25) is 0 Å². The lowest BCUT2D eigenvalue weighted by Crippen LogP contribution is -2.10. The van der Waals surface area contributed by atoms with Crippen LogP contribution in [-0.2, 0) is 28.6 Å². The molecule has 0 aliphatic carbocycles. The number of hydrogen-bond acceptors (Lipinski definition) is 6. The van der Waals surface area contributed by atoms with E-state index in [9.17, 15) is 14.4 Å². The second-order valence-corrected chi connectivity index (χ2v) is 10.2. The highest BCUT2D eigenvalue weighted by molar-refractivity contribution is 5.70. The molecular formula is C31H60O6. The third kappa shape index (κ3) is 34.4. The van der Waals surface area contributed by atoms with Gasteiger partial charge in [0.25, 0.3) is 0 Å². The Kier molecular flexibility index (Phi) is 31.1. The predicted octanol–water partition coefficient (Wildman–Crippen LogP) is 8.87. The molecule has 0 saturated heterocycles. The summed E-state index contributed by atoms with van der Waals surface area (Å²) < 4.78 is 15.1. The number of unbranched alkanes of at least 4 members (excludes halogenated alkanes) is 13. The number of rotatable bonds is 24. The summed E-state index contributed by atoms with van der Waals surface area (Å²) in [5, 5.41) is 0. The van der Waals surface area contributed by atoms with Crippen LogP contribution in [0.15, 0.2) is 0 Å². The van der Waals surface area contributed by atoms with Crippen molar-refractivity contribution in [1.29, 1.82) is 0 Å². The molecule has 0 bridgehead atoms. The molecule has 0 rings (SSSR count). The van der Waals surface area contributed by atoms with E-state index in [1.165, 1.54) is 64.2 Å². The van der Waals surface area contributed by atoms with Gasteiger partial charge in [0.1, 0.15) is 0 Å². The van der Waals surface area contributed by atoms with E-state index in [1.54, 1.807) is 0 Å². The van der Waals surface area contributed by atoms with Crippen molar-refractivity contribution >= 4 is 17.9 Å². The topological polar surface area (TPSA) is 78.9 Å². The van der Waals surface area contributed by atoms with E-state index < -0.39 is 0 Å². The van der Waals surface area contributed by atoms with Gasteiger partial charge in [-0.3, -0.25) is 14.4 Å². The van der Waals surface area contributed by atoms with Crippen LogP contribution >= 0.6 is 0 Å². The van der Waals surface area contributed by atoms with Gasteiger partial charge in [-0.15, -0.1) is 0 Å². The first-order chi connectivity index (χ1) is 17.9. The molecule has 0 aromatic heterocycles. The monoisotopic (exact) mass is 528 g/mol. The van der Waals surface area contributed by atoms with E-state index in [4.69, 9.17) is 14.2 Å². The third-order valence-corrected chi connectivity index (χ3v) is 5.89. The van der Waals surface area contributed by atoms with Crippen molar-refractivity contribution in [2.45, 2.75) is 169 Å². The molecule has 37 heavy (non-hydrogen) atoms. The molecule has 0 heterocycles. The fraction of sp³-hybridized carbons (Fsp3) is 0.903. The molecule has 0 aromatic rings. The number of hydrogen-bond donors (Lipinski definition) is 0. The summed E-state index contributed by atoms with van der Waals surface area (Å²) in [4.78, 5) is 33.8. The van der Waals surface area contributed by atoms with Gasteiger partial charge in [-0.1, -0.05) is 97.8 Å². The highest BCUT2D eigenvalue weighted by Crippen LogP contribution is 2.12. The SMILES string of the molecule is CCCCCCCCCCCCCC(=O)OC(C)C.CCCCOC(=O)CCCCC(=O)OCCCC. The lowest BCUT2D eigenvalue weighted by Gasteiger charge is -2.07. The summed E-state index contributed by atoms with van der Waals surface area (Å²) in [5.74, 6) is -0.364. The van der Waals surface area contributed by atoms with Crippen molar-refractivity contribution in [1.82, 2.24) is 0 Å². The molecule has 0 saturated carbocycles. The first-order valence-corrected chi connectivity index (χ1v) is 15.4. The Morgan fingerprint density at radius 2 is 0.784 bits per heavy atom. The minimum Gasteiger partial charge on any atom is -0.466 e. The summed E-state index contributed by atoms with van der Waals surface area (Å²) in [6.45, 7) is 11.2. The number of carbonyl (C=O) groups excluding carboxylic acids is 3. The summed E-state index contributed by atoms with van der Waals surface area (Å²) >= 11 is 0. The maximum Gasteiger partial charge on any atom is 0.306 e. The molecule has 6 nitrogen and oxygen atoms in total. The van der Waals surface area contributed by atoms with Crippen LogP contribution in [0.1, 0.15) is 163 Å². The molecule has 0 aliphatic heterocycles. The van der Waals surface area contributed by atoms with Crippen LogP contribution in [0.5, 0.6) is 0 Å². The molecule has 0 aromatic carbocycles. The lowest BCUT2D eigenvalue weighted by molar-refractivity contribution is -0.147. The second kappa shape index (κ2) is 30.6. The Hall–Kier alpha value is -1.59. The normalized spacial score (nSPS) is 10.5. The zero-order valence-corrected chi connectivity index (χ0v) is 25.1.